The van der Waals surface area contributed by atoms with Crippen LogP contribution in [0.3, 0.4) is 0 Å². The maximum atomic E-state index is 12.1. The predicted molar refractivity (Wildman–Crippen MR) is 121 cm³/mol. The standard InChI is InChI=1S/C27H31NO3/c1-26-16-23(17-3-6-19(28)7-4-17)25-21-10-8-20(30)15-18(21)5-9-22(25)24(26)11-13-27(26,31)12-2-14-29/h3-7,22-24,29,31H,8-11,13-16,28H2,1H3/t22-,23+,24-,26-,27-/m0/s1. The van der Waals surface area contributed by atoms with Crippen LogP contribution in [-0.4, -0.2) is 28.2 Å². The fourth-order valence-electron chi connectivity index (χ4n) is 7.02. The maximum Gasteiger partial charge on any atom is 0.137 e. The zero-order valence-electron chi connectivity index (χ0n) is 18.2. The number of aliphatic hydroxyl groups excluding tert-OH is 1. The number of benzene rings is 1. The van der Waals surface area contributed by atoms with Crippen LogP contribution in [0.15, 0.2) is 47.1 Å². The largest absolute Gasteiger partial charge is 0.399 e. The summed E-state index contributed by atoms with van der Waals surface area (Å²) in [4.78, 5) is 12.1. The Bertz CT molecular complexity index is 1040. The molecule has 3 fully saturated rings. The summed E-state index contributed by atoms with van der Waals surface area (Å²) in [5.74, 6) is 7.02. The normalized spacial score (nSPS) is 36.7. The Labute approximate surface area is 184 Å². The Hall–Kier alpha value is -2.35. The van der Waals surface area contributed by atoms with Gasteiger partial charge in [-0.1, -0.05) is 42.5 Å². The summed E-state index contributed by atoms with van der Waals surface area (Å²) in [7, 11) is 0. The van der Waals surface area contributed by atoms with Crippen LogP contribution in [0.1, 0.15) is 63.4 Å². The van der Waals surface area contributed by atoms with Gasteiger partial charge in [0.2, 0.25) is 0 Å². The Morgan fingerprint density at radius 1 is 1.23 bits per heavy atom. The average Bonchev–Trinajstić information content (AvgIpc) is 3.02. The van der Waals surface area contributed by atoms with Gasteiger partial charge in [-0.25, -0.2) is 0 Å². The van der Waals surface area contributed by atoms with Crippen molar-refractivity contribution in [3.8, 4) is 11.8 Å². The second-order valence-electron chi connectivity index (χ2n) is 10.0. The number of Topliss-reactive ketones (excluding diaryl/α,β-unsaturated/α-hetero) is 1. The summed E-state index contributed by atoms with van der Waals surface area (Å²) in [6, 6.07) is 8.15. The molecular formula is C27H31NO3. The molecule has 1 aromatic rings. The molecule has 162 valence electrons. The molecule has 3 saturated carbocycles. The number of ketones is 1. The molecule has 0 amide bonds. The van der Waals surface area contributed by atoms with E-state index in [0.29, 0.717) is 36.9 Å². The second kappa shape index (κ2) is 7.36. The Morgan fingerprint density at radius 2 is 2.00 bits per heavy atom. The molecule has 5 rings (SSSR count). The number of carbonyl (C=O) groups is 1. The van der Waals surface area contributed by atoms with Crippen LogP contribution in [0.5, 0.6) is 0 Å². The van der Waals surface area contributed by atoms with Crippen LogP contribution >= 0.6 is 0 Å². The van der Waals surface area contributed by atoms with Gasteiger partial charge in [-0.3, -0.25) is 4.79 Å². The number of hydrogen-bond donors (Lipinski definition) is 3. The van der Waals surface area contributed by atoms with E-state index in [0.717, 1.165) is 31.4 Å². The minimum atomic E-state index is -1.09. The number of rotatable bonds is 1. The lowest BCUT2D eigenvalue weighted by Crippen LogP contribution is -2.50. The average molecular weight is 418 g/mol. The van der Waals surface area contributed by atoms with Crippen LogP contribution in [0.2, 0.25) is 0 Å². The van der Waals surface area contributed by atoms with Crippen molar-refractivity contribution in [2.45, 2.75) is 63.4 Å². The second-order valence-corrected chi connectivity index (χ2v) is 10.0. The lowest BCUT2D eigenvalue weighted by Gasteiger charge is -2.53. The van der Waals surface area contributed by atoms with Crippen molar-refractivity contribution in [1.82, 2.24) is 0 Å². The number of allylic oxidation sites excluding steroid dienone is 4. The summed E-state index contributed by atoms with van der Waals surface area (Å²) in [6.07, 6.45) is 7.64. The molecule has 4 nitrogen and oxygen atoms in total. The van der Waals surface area contributed by atoms with E-state index in [1.165, 1.54) is 22.3 Å². The van der Waals surface area contributed by atoms with E-state index in [1.807, 2.05) is 12.1 Å². The van der Waals surface area contributed by atoms with E-state index in [4.69, 9.17) is 5.73 Å². The number of fused-ring (bicyclic) bond motifs is 4. The minimum absolute atomic E-state index is 0.180. The number of carbonyl (C=O) groups excluding carboxylic acids is 1. The van der Waals surface area contributed by atoms with Crippen LogP contribution in [-0.2, 0) is 4.79 Å². The Morgan fingerprint density at radius 3 is 2.74 bits per heavy atom. The SMILES string of the molecule is C[C@]12C[C@H](c3ccc(N)cc3)C3=C4CCC(=O)CC4=CC[C@H]3[C@@H]1CC[C@@]2(O)C#CCO. The zero-order chi connectivity index (χ0) is 21.8. The maximum absolute atomic E-state index is 12.1. The van der Waals surface area contributed by atoms with Gasteiger partial charge in [-0.2, -0.15) is 0 Å². The molecule has 0 aromatic heterocycles. The topological polar surface area (TPSA) is 83.6 Å². The van der Waals surface area contributed by atoms with E-state index < -0.39 is 5.60 Å². The van der Waals surface area contributed by atoms with Crippen molar-refractivity contribution < 1.29 is 15.0 Å². The summed E-state index contributed by atoms with van der Waals surface area (Å²) in [5, 5.41) is 20.9. The van der Waals surface area contributed by atoms with Crippen molar-refractivity contribution >= 4 is 11.5 Å². The van der Waals surface area contributed by atoms with Gasteiger partial charge in [-0.05, 0) is 72.8 Å². The first-order valence-corrected chi connectivity index (χ1v) is 11.5. The molecule has 0 radical (unpaired) electrons. The highest BCUT2D eigenvalue weighted by atomic mass is 16.3. The van der Waals surface area contributed by atoms with Crippen molar-refractivity contribution in [1.29, 1.82) is 0 Å². The van der Waals surface area contributed by atoms with Crippen LogP contribution < -0.4 is 5.73 Å². The van der Waals surface area contributed by atoms with Gasteiger partial charge in [0.15, 0.2) is 0 Å². The highest BCUT2D eigenvalue weighted by Crippen LogP contribution is 2.66. The number of hydrogen-bond acceptors (Lipinski definition) is 4. The van der Waals surface area contributed by atoms with Gasteiger partial charge in [0, 0.05) is 29.9 Å². The van der Waals surface area contributed by atoms with Gasteiger partial charge in [0.05, 0.1) is 0 Å². The molecule has 0 saturated heterocycles. The number of aliphatic hydroxyl groups is 2. The van der Waals surface area contributed by atoms with E-state index in [1.54, 1.807) is 0 Å². The Balaban J connectivity index is 1.66. The molecule has 4 aliphatic rings. The van der Waals surface area contributed by atoms with E-state index in [9.17, 15) is 15.0 Å². The molecule has 0 heterocycles. The number of nitrogens with two attached hydrogens (primary N) is 1. The summed E-state index contributed by atoms with van der Waals surface area (Å²) < 4.78 is 0. The molecule has 4 heteroatoms. The number of nitrogen functional groups attached to an aromatic ring is 1. The molecule has 1 aromatic carbocycles. The van der Waals surface area contributed by atoms with Crippen molar-refractivity contribution in [3.63, 3.8) is 0 Å². The smallest absolute Gasteiger partial charge is 0.137 e. The highest BCUT2D eigenvalue weighted by molar-refractivity contribution is 5.84. The van der Waals surface area contributed by atoms with Gasteiger partial charge in [-0.15, -0.1) is 0 Å². The van der Waals surface area contributed by atoms with Gasteiger partial charge in [0.1, 0.15) is 18.0 Å². The quantitative estimate of drug-likeness (QED) is 0.478. The fraction of sp³-hybridized carbons (Fsp3) is 0.519. The minimum Gasteiger partial charge on any atom is -0.399 e. The molecular weight excluding hydrogens is 386 g/mol. The van der Waals surface area contributed by atoms with Crippen LogP contribution in [0.4, 0.5) is 5.69 Å². The Kier molecular flexibility index (Phi) is 4.88. The molecule has 31 heavy (non-hydrogen) atoms. The van der Waals surface area contributed by atoms with Crippen LogP contribution in [0.25, 0.3) is 0 Å². The van der Waals surface area contributed by atoms with Crippen molar-refractivity contribution in [2.75, 3.05) is 12.3 Å². The third kappa shape index (κ3) is 3.10. The summed E-state index contributed by atoms with van der Waals surface area (Å²) in [6.45, 7) is 1.97. The lowest BCUT2D eigenvalue weighted by molar-refractivity contribution is -0.118. The first-order chi connectivity index (χ1) is 14.9. The van der Waals surface area contributed by atoms with E-state index >= 15 is 0 Å². The highest BCUT2D eigenvalue weighted by Gasteiger charge is 2.62. The predicted octanol–water partition coefficient (Wildman–Crippen LogP) is 3.90. The third-order valence-corrected chi connectivity index (χ3v) is 8.58. The molecule has 0 spiro atoms. The third-order valence-electron chi connectivity index (χ3n) is 8.58. The monoisotopic (exact) mass is 417 g/mol. The molecule has 4 N–H and O–H groups in total. The molecule has 0 unspecified atom stereocenters. The van der Waals surface area contributed by atoms with Crippen molar-refractivity contribution in [3.05, 3.63) is 52.6 Å². The summed E-state index contributed by atoms with van der Waals surface area (Å²) >= 11 is 0. The molecule has 4 aliphatic carbocycles. The molecule has 5 atom stereocenters. The number of anilines is 1. The molecule has 0 aliphatic heterocycles. The molecule has 0 bridgehead atoms. The van der Waals surface area contributed by atoms with Gasteiger partial charge in [0.25, 0.3) is 0 Å². The summed E-state index contributed by atoms with van der Waals surface area (Å²) in [5.41, 5.74) is 10.6. The van der Waals surface area contributed by atoms with Gasteiger partial charge >= 0.3 is 0 Å². The first-order valence-electron chi connectivity index (χ1n) is 11.5. The first kappa shape index (κ1) is 20.5. The van der Waals surface area contributed by atoms with E-state index in [2.05, 4.69) is 37.0 Å². The van der Waals surface area contributed by atoms with E-state index in [-0.39, 0.29) is 17.9 Å². The van der Waals surface area contributed by atoms with Crippen LogP contribution in [0, 0.1) is 29.1 Å². The van der Waals surface area contributed by atoms with Gasteiger partial charge < -0.3 is 15.9 Å². The fourth-order valence-corrected chi connectivity index (χ4v) is 7.02. The zero-order valence-corrected chi connectivity index (χ0v) is 18.2. The van der Waals surface area contributed by atoms with Crippen molar-refractivity contribution in [2.24, 2.45) is 17.3 Å². The lowest BCUT2D eigenvalue weighted by atomic mass is 9.51.